The van der Waals surface area contributed by atoms with Crippen LogP contribution in [0.2, 0.25) is 0 Å². The van der Waals surface area contributed by atoms with E-state index in [1.165, 1.54) is 16.7 Å². The first kappa shape index (κ1) is 14.9. The number of aryl methyl sites for hydroxylation is 3. The highest BCUT2D eigenvalue weighted by Crippen LogP contribution is 2.35. The molecule has 0 heterocycles. The minimum absolute atomic E-state index is 0.127. The Bertz CT molecular complexity index is 594. The molecule has 1 atom stereocenters. The first-order valence-electron chi connectivity index (χ1n) is 6.74. The van der Waals surface area contributed by atoms with Gasteiger partial charge in [-0.25, -0.2) is 0 Å². The third kappa shape index (κ3) is 2.96. The van der Waals surface area contributed by atoms with Crippen LogP contribution < -0.4 is 0 Å². The van der Waals surface area contributed by atoms with E-state index in [9.17, 15) is 4.79 Å². The number of carbonyl (C=O) groups excluding carboxylic acids is 1. The molecule has 0 saturated heterocycles. The maximum absolute atomic E-state index is 12.7. The number of thioether (sulfide) groups is 1. The average molecular weight is 284 g/mol. The second-order valence-corrected chi connectivity index (χ2v) is 6.10. The molecule has 2 heteroatoms. The first-order valence-corrected chi connectivity index (χ1v) is 8.03. The molecule has 0 aromatic heterocycles. The zero-order chi connectivity index (χ0) is 14.7. The van der Waals surface area contributed by atoms with E-state index in [2.05, 4.69) is 32.9 Å². The normalized spacial score (nSPS) is 12.2. The van der Waals surface area contributed by atoms with E-state index < -0.39 is 0 Å². The largest absolute Gasteiger partial charge is 0.293 e. The molecule has 0 radical (unpaired) electrons. The van der Waals surface area contributed by atoms with Crippen LogP contribution in [0.25, 0.3) is 0 Å². The van der Waals surface area contributed by atoms with Gasteiger partial charge in [-0.15, -0.1) is 11.8 Å². The van der Waals surface area contributed by atoms with Gasteiger partial charge in [0.05, 0.1) is 5.25 Å². The first-order chi connectivity index (χ1) is 9.54. The predicted octanol–water partition coefficient (Wildman–Crippen LogP) is 4.90. The summed E-state index contributed by atoms with van der Waals surface area (Å²) in [6.45, 7) is 6.28. The monoisotopic (exact) mass is 284 g/mol. The van der Waals surface area contributed by atoms with Crippen LogP contribution >= 0.6 is 11.8 Å². The molecule has 0 spiro atoms. The summed E-state index contributed by atoms with van der Waals surface area (Å²) in [6, 6.07) is 13.9. The van der Waals surface area contributed by atoms with E-state index in [1.54, 1.807) is 11.8 Å². The van der Waals surface area contributed by atoms with Crippen LogP contribution in [0, 0.1) is 20.8 Å². The molecule has 0 saturated carbocycles. The van der Waals surface area contributed by atoms with Crippen molar-refractivity contribution in [3.8, 4) is 0 Å². The Morgan fingerprint density at radius 1 is 1.00 bits per heavy atom. The zero-order valence-electron chi connectivity index (χ0n) is 12.4. The van der Waals surface area contributed by atoms with Crippen LogP contribution in [-0.2, 0) is 0 Å². The summed E-state index contributed by atoms with van der Waals surface area (Å²) in [7, 11) is 0. The standard InChI is InChI=1S/C18H20OS/c1-12-10-13(2)16(14(3)11-12)18(20-4)17(19)15-8-6-5-7-9-15/h5-11,18H,1-4H3. The molecule has 1 nitrogen and oxygen atoms in total. The fourth-order valence-electron chi connectivity index (χ4n) is 2.71. The zero-order valence-corrected chi connectivity index (χ0v) is 13.3. The molecule has 0 fully saturated rings. The Morgan fingerprint density at radius 2 is 1.55 bits per heavy atom. The van der Waals surface area contributed by atoms with Gasteiger partial charge in [-0.05, 0) is 43.7 Å². The quantitative estimate of drug-likeness (QED) is 0.743. The van der Waals surface area contributed by atoms with Crippen LogP contribution in [0.15, 0.2) is 42.5 Å². The molecule has 2 aromatic rings. The molecule has 1 unspecified atom stereocenters. The molecule has 0 aliphatic rings. The van der Waals surface area contributed by atoms with Crippen molar-refractivity contribution in [1.82, 2.24) is 0 Å². The highest BCUT2D eigenvalue weighted by atomic mass is 32.2. The maximum atomic E-state index is 12.7. The number of hydrogen-bond donors (Lipinski definition) is 0. The molecule has 0 aliphatic heterocycles. The molecule has 20 heavy (non-hydrogen) atoms. The maximum Gasteiger partial charge on any atom is 0.180 e. The second-order valence-electron chi connectivity index (χ2n) is 5.16. The summed E-state index contributed by atoms with van der Waals surface area (Å²) in [5.41, 5.74) is 5.59. The van der Waals surface area contributed by atoms with E-state index in [0.29, 0.717) is 0 Å². The molecule has 104 valence electrons. The number of rotatable bonds is 4. The molecule has 0 N–H and O–H groups in total. The molecule has 2 rings (SSSR count). The lowest BCUT2D eigenvalue weighted by molar-refractivity contribution is 0.0989. The van der Waals surface area contributed by atoms with E-state index in [-0.39, 0.29) is 11.0 Å². The Kier molecular flexibility index (Phi) is 4.66. The van der Waals surface area contributed by atoms with Crippen molar-refractivity contribution in [2.24, 2.45) is 0 Å². The second kappa shape index (κ2) is 6.27. The summed E-state index contributed by atoms with van der Waals surface area (Å²) in [4.78, 5) is 12.7. The van der Waals surface area contributed by atoms with Crippen LogP contribution in [0.4, 0.5) is 0 Å². The number of benzene rings is 2. The minimum Gasteiger partial charge on any atom is -0.293 e. The van der Waals surface area contributed by atoms with Gasteiger partial charge in [-0.2, -0.15) is 0 Å². The van der Waals surface area contributed by atoms with Gasteiger partial charge in [0.25, 0.3) is 0 Å². The van der Waals surface area contributed by atoms with Gasteiger partial charge in [0.15, 0.2) is 5.78 Å². The molecule has 0 bridgehead atoms. The topological polar surface area (TPSA) is 17.1 Å². The summed E-state index contributed by atoms with van der Waals surface area (Å²) in [5.74, 6) is 0.188. The van der Waals surface area contributed by atoms with Gasteiger partial charge in [0, 0.05) is 5.56 Å². The number of hydrogen-bond acceptors (Lipinski definition) is 2. The SMILES string of the molecule is CSC(C(=O)c1ccccc1)c1c(C)cc(C)cc1C. The van der Waals surface area contributed by atoms with Crippen molar-refractivity contribution in [1.29, 1.82) is 0 Å². The van der Waals surface area contributed by atoms with Crippen LogP contribution in [0.5, 0.6) is 0 Å². The number of carbonyl (C=O) groups is 1. The van der Waals surface area contributed by atoms with Gasteiger partial charge in [0.1, 0.15) is 0 Å². The Balaban J connectivity index is 2.46. The van der Waals surface area contributed by atoms with Gasteiger partial charge in [-0.3, -0.25) is 4.79 Å². The van der Waals surface area contributed by atoms with Crippen LogP contribution in [0.1, 0.15) is 37.9 Å². The number of Topliss-reactive ketones (excluding diaryl/α,β-unsaturated/α-hetero) is 1. The minimum atomic E-state index is -0.127. The van der Waals surface area contributed by atoms with Gasteiger partial charge < -0.3 is 0 Å². The lowest BCUT2D eigenvalue weighted by Gasteiger charge is -2.19. The Hall–Kier alpha value is -1.54. The molecule has 2 aromatic carbocycles. The lowest BCUT2D eigenvalue weighted by Crippen LogP contribution is -2.12. The smallest absolute Gasteiger partial charge is 0.180 e. The van der Waals surface area contributed by atoms with E-state index in [1.807, 2.05) is 36.6 Å². The Morgan fingerprint density at radius 3 is 2.05 bits per heavy atom. The number of ketones is 1. The van der Waals surface area contributed by atoms with Crippen LogP contribution in [0.3, 0.4) is 0 Å². The van der Waals surface area contributed by atoms with E-state index in [4.69, 9.17) is 0 Å². The van der Waals surface area contributed by atoms with E-state index in [0.717, 1.165) is 11.1 Å². The highest BCUT2D eigenvalue weighted by Gasteiger charge is 2.24. The highest BCUT2D eigenvalue weighted by molar-refractivity contribution is 7.99. The van der Waals surface area contributed by atoms with Crippen molar-refractivity contribution in [3.05, 3.63) is 70.3 Å². The Labute approximate surface area is 125 Å². The van der Waals surface area contributed by atoms with Gasteiger partial charge >= 0.3 is 0 Å². The summed E-state index contributed by atoms with van der Waals surface area (Å²) >= 11 is 1.61. The van der Waals surface area contributed by atoms with Crippen molar-refractivity contribution in [2.75, 3.05) is 6.26 Å². The van der Waals surface area contributed by atoms with Crippen molar-refractivity contribution >= 4 is 17.5 Å². The fourth-order valence-corrected chi connectivity index (χ4v) is 3.67. The van der Waals surface area contributed by atoms with Gasteiger partial charge in [0.2, 0.25) is 0 Å². The third-order valence-corrected chi connectivity index (χ3v) is 4.45. The molecule has 0 amide bonds. The molecule has 0 aliphatic carbocycles. The summed E-state index contributed by atoms with van der Waals surface area (Å²) in [6.07, 6.45) is 2.00. The van der Waals surface area contributed by atoms with Crippen molar-refractivity contribution < 1.29 is 4.79 Å². The lowest BCUT2D eigenvalue weighted by atomic mass is 9.93. The van der Waals surface area contributed by atoms with E-state index >= 15 is 0 Å². The average Bonchev–Trinajstić information content (AvgIpc) is 2.43. The predicted molar refractivity (Wildman–Crippen MR) is 87.7 cm³/mol. The van der Waals surface area contributed by atoms with Gasteiger partial charge in [-0.1, -0.05) is 48.0 Å². The summed E-state index contributed by atoms with van der Waals surface area (Å²) in [5, 5.41) is -0.127. The molecular weight excluding hydrogens is 264 g/mol. The third-order valence-electron chi connectivity index (χ3n) is 3.53. The van der Waals surface area contributed by atoms with Crippen molar-refractivity contribution in [2.45, 2.75) is 26.0 Å². The van der Waals surface area contributed by atoms with Crippen LogP contribution in [-0.4, -0.2) is 12.0 Å². The molecular formula is C18H20OS. The summed E-state index contributed by atoms with van der Waals surface area (Å²) < 4.78 is 0. The van der Waals surface area contributed by atoms with Crippen molar-refractivity contribution in [3.63, 3.8) is 0 Å². The fraction of sp³-hybridized carbons (Fsp3) is 0.278.